The van der Waals surface area contributed by atoms with Crippen molar-refractivity contribution in [2.24, 2.45) is 5.73 Å². The molecule has 0 amide bonds. The lowest BCUT2D eigenvalue weighted by molar-refractivity contribution is 0.315. The summed E-state index contributed by atoms with van der Waals surface area (Å²) in [4.78, 5) is 0. The van der Waals surface area contributed by atoms with Gasteiger partial charge in [0.15, 0.2) is 5.22 Å². The van der Waals surface area contributed by atoms with E-state index in [1.165, 1.54) is 5.57 Å². The molecule has 176 valence electrons. The van der Waals surface area contributed by atoms with Gasteiger partial charge in [-0.1, -0.05) is 37.3 Å². The summed E-state index contributed by atoms with van der Waals surface area (Å²) in [7, 11) is 0. The average Bonchev–Trinajstić information content (AvgIpc) is 3.23. The molecule has 0 spiro atoms. The van der Waals surface area contributed by atoms with Gasteiger partial charge in [-0.3, -0.25) is 0 Å². The molecular formula is C28H29ClN2O3. The molecule has 4 rings (SSSR count). The van der Waals surface area contributed by atoms with Crippen molar-refractivity contribution in [3.8, 4) is 11.5 Å². The fourth-order valence-electron chi connectivity index (χ4n) is 4.05. The lowest BCUT2D eigenvalue weighted by Gasteiger charge is -2.17. The molecule has 0 aliphatic rings. The number of hydrogen-bond donors (Lipinski definition) is 3. The van der Waals surface area contributed by atoms with E-state index in [0.29, 0.717) is 18.4 Å². The zero-order chi connectivity index (χ0) is 23.9. The number of rotatable bonds is 10. The van der Waals surface area contributed by atoms with Crippen LogP contribution in [0, 0.1) is 0 Å². The molecule has 4 aromatic rings. The second-order valence-corrected chi connectivity index (χ2v) is 8.34. The summed E-state index contributed by atoms with van der Waals surface area (Å²) in [6.45, 7) is 4.86. The molecule has 0 saturated carbocycles. The Kier molecular flexibility index (Phi) is 7.91. The van der Waals surface area contributed by atoms with E-state index in [1.807, 2.05) is 36.4 Å². The van der Waals surface area contributed by atoms with Crippen LogP contribution in [0.25, 0.3) is 22.1 Å². The number of phenolic OH excluding ortho intramolecular Hbond substituents is 1. The summed E-state index contributed by atoms with van der Waals surface area (Å²) < 4.78 is 11.4. The van der Waals surface area contributed by atoms with Crippen LogP contribution in [-0.4, -0.2) is 31.3 Å². The van der Waals surface area contributed by atoms with Gasteiger partial charge in [-0.05, 0) is 82.3 Å². The van der Waals surface area contributed by atoms with Crippen LogP contribution in [-0.2, 0) is 0 Å². The van der Waals surface area contributed by atoms with Gasteiger partial charge in [-0.25, -0.2) is 0 Å². The minimum absolute atomic E-state index is 0.239. The summed E-state index contributed by atoms with van der Waals surface area (Å²) in [5.74, 6) is 1.05. The van der Waals surface area contributed by atoms with Gasteiger partial charge in [0.05, 0.1) is 0 Å². The number of nitrogens with one attached hydrogen (secondary N) is 1. The van der Waals surface area contributed by atoms with Crippen molar-refractivity contribution >= 4 is 33.7 Å². The molecule has 0 radical (unpaired) electrons. The van der Waals surface area contributed by atoms with Crippen LogP contribution in [0.3, 0.4) is 0 Å². The third kappa shape index (κ3) is 5.62. The van der Waals surface area contributed by atoms with E-state index in [0.717, 1.165) is 58.5 Å². The molecule has 34 heavy (non-hydrogen) atoms. The molecule has 0 aliphatic heterocycles. The second kappa shape index (κ2) is 11.3. The van der Waals surface area contributed by atoms with E-state index in [9.17, 15) is 5.11 Å². The zero-order valence-electron chi connectivity index (χ0n) is 19.2. The van der Waals surface area contributed by atoms with E-state index >= 15 is 0 Å². The monoisotopic (exact) mass is 476 g/mol. The van der Waals surface area contributed by atoms with E-state index in [1.54, 1.807) is 12.1 Å². The largest absolute Gasteiger partial charge is 0.508 e. The Morgan fingerprint density at radius 3 is 2.29 bits per heavy atom. The van der Waals surface area contributed by atoms with Crippen molar-refractivity contribution in [1.29, 1.82) is 0 Å². The number of aromatic hydroxyl groups is 1. The van der Waals surface area contributed by atoms with Crippen molar-refractivity contribution in [3.05, 3.63) is 94.7 Å². The topological polar surface area (TPSA) is 80.7 Å². The highest BCUT2D eigenvalue weighted by atomic mass is 35.5. The normalized spacial score (nSPS) is 12.1. The minimum Gasteiger partial charge on any atom is -0.508 e. The fourth-order valence-corrected chi connectivity index (χ4v) is 4.25. The number of fused-ring (bicyclic) bond motifs is 1. The van der Waals surface area contributed by atoms with Crippen molar-refractivity contribution in [1.82, 2.24) is 5.32 Å². The quantitative estimate of drug-likeness (QED) is 0.191. The number of furan rings is 1. The maximum absolute atomic E-state index is 9.85. The molecule has 0 saturated heterocycles. The van der Waals surface area contributed by atoms with Gasteiger partial charge in [0.25, 0.3) is 0 Å². The van der Waals surface area contributed by atoms with Crippen LogP contribution in [0.2, 0.25) is 5.22 Å². The molecule has 0 atom stereocenters. The van der Waals surface area contributed by atoms with Gasteiger partial charge in [0, 0.05) is 31.1 Å². The maximum Gasteiger partial charge on any atom is 0.194 e. The smallest absolute Gasteiger partial charge is 0.194 e. The van der Waals surface area contributed by atoms with Gasteiger partial charge in [0.2, 0.25) is 0 Å². The first-order chi connectivity index (χ1) is 16.6. The maximum atomic E-state index is 9.85. The van der Waals surface area contributed by atoms with E-state index < -0.39 is 0 Å². The Hall–Kier alpha value is -3.25. The Morgan fingerprint density at radius 1 is 0.941 bits per heavy atom. The first-order valence-corrected chi connectivity index (χ1v) is 11.8. The molecule has 5 nitrogen and oxygen atoms in total. The molecule has 3 aromatic carbocycles. The zero-order valence-corrected chi connectivity index (χ0v) is 19.9. The van der Waals surface area contributed by atoms with Crippen LogP contribution < -0.4 is 15.8 Å². The number of phenols is 1. The van der Waals surface area contributed by atoms with Crippen LogP contribution in [0.5, 0.6) is 11.5 Å². The predicted octanol–water partition coefficient (Wildman–Crippen LogP) is 6.09. The molecule has 1 aromatic heterocycles. The molecular weight excluding hydrogens is 448 g/mol. The summed E-state index contributed by atoms with van der Waals surface area (Å²) in [5, 5.41) is 14.4. The van der Waals surface area contributed by atoms with Crippen molar-refractivity contribution in [2.45, 2.75) is 13.3 Å². The summed E-state index contributed by atoms with van der Waals surface area (Å²) in [6, 6.07) is 23.4. The van der Waals surface area contributed by atoms with E-state index in [2.05, 4.69) is 36.5 Å². The predicted molar refractivity (Wildman–Crippen MR) is 139 cm³/mol. The number of benzene rings is 3. The van der Waals surface area contributed by atoms with Crippen LogP contribution in [0.4, 0.5) is 0 Å². The minimum atomic E-state index is 0.239. The van der Waals surface area contributed by atoms with Crippen molar-refractivity contribution in [2.75, 3.05) is 26.2 Å². The first-order valence-electron chi connectivity index (χ1n) is 11.4. The van der Waals surface area contributed by atoms with Gasteiger partial charge in [-0.15, -0.1) is 0 Å². The Balaban J connectivity index is 1.72. The van der Waals surface area contributed by atoms with Crippen molar-refractivity contribution in [3.63, 3.8) is 0 Å². The summed E-state index contributed by atoms with van der Waals surface area (Å²) in [5.41, 5.74) is 11.7. The molecule has 6 heteroatoms. The molecule has 0 fully saturated rings. The summed E-state index contributed by atoms with van der Waals surface area (Å²) >= 11 is 6.07. The van der Waals surface area contributed by atoms with Gasteiger partial charge in [0.1, 0.15) is 23.7 Å². The van der Waals surface area contributed by atoms with E-state index in [4.69, 9.17) is 26.5 Å². The third-order valence-corrected chi connectivity index (χ3v) is 5.84. The number of ether oxygens (including phenoxy) is 1. The highest BCUT2D eigenvalue weighted by molar-refractivity contribution is 6.29. The molecule has 1 heterocycles. The second-order valence-electron chi connectivity index (χ2n) is 7.97. The fraction of sp³-hybridized carbons (Fsp3) is 0.214. The lowest BCUT2D eigenvalue weighted by Crippen LogP contribution is -2.26. The van der Waals surface area contributed by atoms with Crippen LogP contribution in [0.1, 0.15) is 30.0 Å². The van der Waals surface area contributed by atoms with Crippen LogP contribution in [0.15, 0.2) is 77.2 Å². The highest BCUT2D eigenvalue weighted by Gasteiger charge is 2.15. The standard InChI is InChI=1S/C28H29ClN2O3/c1-2-25(21-7-12-26-22(17-21)18-27(29)34-26)28(19-3-8-23(32)9-4-19)20-5-10-24(11-6-20)33-16-15-31-14-13-30/h3-12,17-18,31-32H,2,13-16,30H2,1H3/b28-25-. The Bertz CT molecular complexity index is 1260. The highest BCUT2D eigenvalue weighted by Crippen LogP contribution is 2.37. The SMILES string of the molecule is CC/C(=C(\c1ccc(O)cc1)c1ccc(OCCNCCN)cc1)c1ccc2oc(Cl)cc2c1. The molecule has 4 N–H and O–H groups in total. The third-order valence-electron chi connectivity index (χ3n) is 5.66. The number of nitrogens with two attached hydrogens (primary N) is 1. The van der Waals surface area contributed by atoms with Gasteiger partial charge >= 0.3 is 0 Å². The number of halogens is 1. The van der Waals surface area contributed by atoms with Gasteiger partial charge < -0.3 is 25.3 Å². The van der Waals surface area contributed by atoms with Gasteiger partial charge in [-0.2, -0.15) is 0 Å². The average molecular weight is 477 g/mol. The lowest BCUT2D eigenvalue weighted by atomic mass is 9.88. The van der Waals surface area contributed by atoms with Crippen LogP contribution >= 0.6 is 11.6 Å². The van der Waals surface area contributed by atoms with E-state index in [-0.39, 0.29) is 5.75 Å². The molecule has 0 unspecified atom stereocenters. The summed E-state index contributed by atoms with van der Waals surface area (Å²) in [6.07, 6.45) is 0.818. The number of allylic oxidation sites excluding steroid dienone is 1. The Labute approximate surface area is 204 Å². The molecule has 0 aliphatic carbocycles. The first kappa shape index (κ1) is 23.9. The number of hydrogen-bond acceptors (Lipinski definition) is 5. The Morgan fingerprint density at radius 2 is 1.62 bits per heavy atom. The molecule has 0 bridgehead atoms. The van der Waals surface area contributed by atoms with Crippen molar-refractivity contribution < 1.29 is 14.3 Å².